The van der Waals surface area contributed by atoms with Gasteiger partial charge in [0, 0.05) is 6.42 Å². The molecule has 7 unspecified atom stereocenters. The molecule has 1 aliphatic heterocycles. The van der Waals surface area contributed by atoms with Crippen molar-refractivity contribution in [2.75, 3.05) is 13.2 Å². The molecule has 0 aliphatic carbocycles. The lowest BCUT2D eigenvalue weighted by molar-refractivity contribution is -0.302. The molecule has 1 fully saturated rings. The molecule has 6 N–H and O–H groups in total. The normalized spacial score (nSPS) is 19.1. The van der Waals surface area contributed by atoms with Crippen LogP contribution in [0.3, 0.4) is 0 Å². The van der Waals surface area contributed by atoms with Crippen molar-refractivity contribution in [1.82, 2.24) is 5.32 Å². The Kier molecular flexibility index (Phi) is 53.6. The van der Waals surface area contributed by atoms with Gasteiger partial charge in [0.25, 0.3) is 0 Å². The van der Waals surface area contributed by atoms with E-state index in [0.29, 0.717) is 6.42 Å². The average Bonchev–Trinajstić information content (AvgIpc) is 3.42. The minimum atomic E-state index is -1.57. The number of aliphatic hydroxyl groups excluding tert-OH is 5. The lowest BCUT2D eigenvalue weighted by Crippen LogP contribution is -2.60. The molecular weight excluding hydrogens is 947 g/mol. The molecule has 1 amide bonds. The smallest absolute Gasteiger partial charge is 0.220 e. The molecule has 446 valence electrons. The highest BCUT2D eigenvalue weighted by molar-refractivity contribution is 5.76. The van der Waals surface area contributed by atoms with Gasteiger partial charge in [-0.3, -0.25) is 4.79 Å². The molecule has 0 aromatic carbocycles. The van der Waals surface area contributed by atoms with Crippen molar-refractivity contribution in [3.63, 3.8) is 0 Å². The second-order valence-corrected chi connectivity index (χ2v) is 22.9. The number of unbranched alkanes of at least 4 members (excludes halogenated alkanes) is 41. The van der Waals surface area contributed by atoms with Crippen LogP contribution in [0.2, 0.25) is 0 Å². The number of carbonyl (C=O) groups is 1. The molecule has 1 rings (SSSR count). The summed E-state index contributed by atoms with van der Waals surface area (Å²) in [6, 6.07) is -0.823. The van der Waals surface area contributed by atoms with Crippen molar-refractivity contribution >= 4 is 5.91 Å². The predicted molar refractivity (Wildman–Crippen MR) is 323 cm³/mol. The minimum Gasteiger partial charge on any atom is -0.394 e. The number of allylic oxidation sites excluding steroid dienone is 7. The topological polar surface area (TPSA) is 149 Å². The summed E-state index contributed by atoms with van der Waals surface area (Å²) in [5.74, 6) is -0.183. The maximum Gasteiger partial charge on any atom is 0.220 e. The summed E-state index contributed by atoms with van der Waals surface area (Å²) in [7, 11) is 0. The van der Waals surface area contributed by atoms with Crippen molar-refractivity contribution in [3.05, 3.63) is 48.6 Å². The van der Waals surface area contributed by atoms with E-state index in [-0.39, 0.29) is 12.5 Å². The highest BCUT2D eigenvalue weighted by Crippen LogP contribution is 2.23. The fraction of sp³-hybridized carbons (Fsp3) is 0.866. The van der Waals surface area contributed by atoms with Crippen LogP contribution >= 0.6 is 0 Å². The Bertz CT molecular complexity index is 1340. The van der Waals surface area contributed by atoms with Crippen LogP contribution in [-0.4, -0.2) is 87.5 Å². The summed E-state index contributed by atoms with van der Waals surface area (Å²) >= 11 is 0. The fourth-order valence-corrected chi connectivity index (χ4v) is 10.4. The number of hydrogen-bond donors (Lipinski definition) is 6. The van der Waals surface area contributed by atoms with Gasteiger partial charge in [-0.2, -0.15) is 0 Å². The van der Waals surface area contributed by atoms with Crippen LogP contribution in [0.4, 0.5) is 0 Å². The second-order valence-electron chi connectivity index (χ2n) is 22.9. The summed E-state index contributed by atoms with van der Waals surface area (Å²) in [5.41, 5.74) is 0. The Morgan fingerprint density at radius 2 is 0.789 bits per heavy atom. The first-order valence-corrected chi connectivity index (χ1v) is 32.9. The Hall–Kier alpha value is -1.85. The van der Waals surface area contributed by atoms with Crippen molar-refractivity contribution in [2.45, 2.75) is 358 Å². The maximum atomic E-state index is 13.1. The van der Waals surface area contributed by atoms with Crippen LogP contribution in [0, 0.1) is 0 Å². The van der Waals surface area contributed by atoms with Crippen molar-refractivity contribution in [3.8, 4) is 0 Å². The molecule has 1 aliphatic rings. The van der Waals surface area contributed by atoms with Crippen LogP contribution in [0.25, 0.3) is 0 Å². The highest BCUT2D eigenvalue weighted by atomic mass is 16.7. The fourth-order valence-electron chi connectivity index (χ4n) is 10.4. The minimum absolute atomic E-state index is 0.183. The molecule has 0 saturated carbocycles. The summed E-state index contributed by atoms with van der Waals surface area (Å²) < 4.78 is 11.3. The summed E-state index contributed by atoms with van der Waals surface area (Å²) in [4.78, 5) is 13.1. The maximum absolute atomic E-state index is 13.1. The third-order valence-corrected chi connectivity index (χ3v) is 15.6. The van der Waals surface area contributed by atoms with Crippen molar-refractivity contribution in [2.24, 2.45) is 0 Å². The van der Waals surface area contributed by atoms with Gasteiger partial charge in [0.1, 0.15) is 24.4 Å². The first-order valence-electron chi connectivity index (χ1n) is 32.9. The molecule has 7 atom stereocenters. The van der Waals surface area contributed by atoms with Gasteiger partial charge in [0.15, 0.2) is 6.29 Å². The number of rotatable bonds is 57. The van der Waals surface area contributed by atoms with Gasteiger partial charge in [0.2, 0.25) is 5.91 Å². The number of carbonyl (C=O) groups excluding carboxylic acids is 1. The molecule has 0 spiro atoms. The van der Waals surface area contributed by atoms with Gasteiger partial charge in [-0.05, 0) is 64.2 Å². The Labute approximate surface area is 469 Å². The lowest BCUT2D eigenvalue weighted by Gasteiger charge is -2.40. The van der Waals surface area contributed by atoms with Gasteiger partial charge >= 0.3 is 0 Å². The van der Waals surface area contributed by atoms with Gasteiger partial charge in [0.05, 0.1) is 25.4 Å². The average molecular weight is 1070 g/mol. The van der Waals surface area contributed by atoms with E-state index in [2.05, 4.69) is 55.6 Å². The van der Waals surface area contributed by atoms with Gasteiger partial charge in [-0.1, -0.05) is 294 Å². The van der Waals surface area contributed by atoms with Crippen molar-refractivity contribution in [1.29, 1.82) is 0 Å². The summed E-state index contributed by atoms with van der Waals surface area (Å²) in [6.07, 6.45) is 69.2. The van der Waals surface area contributed by atoms with Crippen LogP contribution in [0.1, 0.15) is 316 Å². The zero-order valence-corrected chi connectivity index (χ0v) is 49.8. The lowest BCUT2D eigenvalue weighted by atomic mass is 9.99. The molecular formula is C67H125NO8. The molecule has 0 aromatic heterocycles. The Morgan fingerprint density at radius 1 is 0.447 bits per heavy atom. The summed E-state index contributed by atoms with van der Waals surface area (Å²) in [6.45, 7) is 3.80. The molecule has 76 heavy (non-hydrogen) atoms. The van der Waals surface area contributed by atoms with Gasteiger partial charge in [-0.15, -0.1) is 0 Å². The third kappa shape index (κ3) is 44.9. The SMILES string of the molecule is CCCCCCCCCCC/C=C\C/C=C\CCCCCCCCCCCCCCCCCCCC(=O)NC(COC1OC(CO)C(O)C(O)C1O)C(O)/C=C/CC/C=C/CCCCCCCCCCCCCCCC. The van der Waals surface area contributed by atoms with E-state index in [0.717, 1.165) is 44.9 Å². The van der Waals surface area contributed by atoms with Gasteiger partial charge < -0.3 is 40.3 Å². The number of amides is 1. The third-order valence-electron chi connectivity index (χ3n) is 15.6. The molecule has 0 bridgehead atoms. The molecule has 1 saturated heterocycles. The van der Waals surface area contributed by atoms with Crippen LogP contribution in [0.15, 0.2) is 48.6 Å². The van der Waals surface area contributed by atoms with Crippen LogP contribution in [-0.2, 0) is 14.3 Å². The standard InChI is InChI=1S/C67H125NO8/c1-3-5-7-9-11-13-15-17-19-21-23-25-26-27-28-29-30-31-32-33-34-35-36-37-39-41-43-45-47-49-51-53-55-57-63(71)68-60(59-75-67-66(74)65(73)64(72)62(58-69)76-67)61(70)56-54-52-50-48-46-44-42-40-38-24-22-20-18-16-14-12-10-8-6-4-2/h23,25,27-28,46,48,54,56,60-62,64-67,69-70,72-74H,3-22,24,26,29-45,47,49-53,55,57-59H2,1-2H3,(H,68,71)/b25-23-,28-27-,48-46+,56-54+. The van der Waals surface area contributed by atoms with E-state index >= 15 is 0 Å². The first-order chi connectivity index (χ1) is 37.3. The molecule has 0 aromatic rings. The predicted octanol–water partition coefficient (Wildman–Crippen LogP) is 17.2. The first kappa shape index (κ1) is 72.2. The zero-order valence-electron chi connectivity index (χ0n) is 49.8. The van der Waals surface area contributed by atoms with Crippen molar-refractivity contribution < 1.29 is 39.8 Å². The van der Waals surface area contributed by atoms with Crippen LogP contribution in [0.5, 0.6) is 0 Å². The number of ether oxygens (including phenoxy) is 2. The van der Waals surface area contributed by atoms with E-state index in [1.807, 2.05) is 6.08 Å². The Morgan fingerprint density at radius 3 is 1.18 bits per heavy atom. The van der Waals surface area contributed by atoms with E-state index in [1.165, 1.54) is 250 Å². The zero-order chi connectivity index (χ0) is 55.0. The molecule has 9 nitrogen and oxygen atoms in total. The second kappa shape index (κ2) is 56.4. The quantitative estimate of drug-likeness (QED) is 0.0261. The van der Waals surface area contributed by atoms with Gasteiger partial charge in [-0.25, -0.2) is 0 Å². The Balaban J connectivity index is 2.14. The molecule has 1 heterocycles. The molecule has 9 heteroatoms. The largest absolute Gasteiger partial charge is 0.394 e. The van der Waals surface area contributed by atoms with E-state index in [1.54, 1.807) is 6.08 Å². The number of hydrogen-bond acceptors (Lipinski definition) is 8. The van der Waals surface area contributed by atoms with E-state index in [9.17, 15) is 30.3 Å². The summed E-state index contributed by atoms with van der Waals surface area (Å²) in [5, 5.41) is 54.6. The monoisotopic (exact) mass is 1070 g/mol. The molecule has 0 radical (unpaired) electrons. The van der Waals surface area contributed by atoms with Crippen LogP contribution < -0.4 is 5.32 Å². The number of nitrogens with one attached hydrogen (secondary N) is 1. The van der Waals surface area contributed by atoms with E-state index < -0.39 is 49.5 Å². The number of aliphatic hydroxyl groups is 5. The van der Waals surface area contributed by atoms with E-state index in [4.69, 9.17) is 9.47 Å². The highest BCUT2D eigenvalue weighted by Gasteiger charge is 2.44.